The quantitative estimate of drug-likeness (QED) is 0.337. The van der Waals surface area contributed by atoms with Gasteiger partial charge in [-0.1, -0.05) is 0 Å². The fourth-order valence-electron chi connectivity index (χ4n) is 6.00. The normalized spacial score (nSPS) is 25.2. The molecule has 0 bridgehead atoms. The average Bonchev–Trinajstić information content (AvgIpc) is 3.87. The van der Waals surface area contributed by atoms with Gasteiger partial charge < -0.3 is 5.32 Å². The van der Waals surface area contributed by atoms with Gasteiger partial charge in [0.15, 0.2) is 5.82 Å². The number of aromatic nitrogens is 7. The zero-order valence-electron chi connectivity index (χ0n) is 22.9. The van der Waals surface area contributed by atoms with E-state index in [9.17, 15) is 9.59 Å². The molecule has 5 heterocycles. The van der Waals surface area contributed by atoms with Crippen molar-refractivity contribution in [1.29, 1.82) is 0 Å². The molecule has 208 valence electrons. The molecule has 0 spiro atoms. The Labute approximate surface area is 236 Å². The van der Waals surface area contributed by atoms with Gasteiger partial charge in [-0.15, -0.1) is 5.10 Å². The molecular formula is C29H30N10O2. The Kier molecular flexibility index (Phi) is 5.35. The Bertz CT molecular complexity index is 1710. The number of fused-ring (bicyclic) bond motifs is 2. The van der Waals surface area contributed by atoms with Crippen LogP contribution < -0.4 is 15.5 Å². The summed E-state index contributed by atoms with van der Waals surface area (Å²) in [4.78, 5) is 40.9. The fourth-order valence-corrected chi connectivity index (χ4v) is 6.00. The molecule has 4 aromatic heterocycles. The van der Waals surface area contributed by atoms with E-state index in [2.05, 4.69) is 54.0 Å². The van der Waals surface area contributed by atoms with Crippen LogP contribution in [0.2, 0.25) is 0 Å². The lowest BCUT2D eigenvalue weighted by Gasteiger charge is -2.20. The first-order valence-electron chi connectivity index (χ1n) is 14.3. The molecule has 41 heavy (non-hydrogen) atoms. The molecule has 2 N–H and O–H groups in total. The van der Waals surface area contributed by atoms with Crippen LogP contribution in [0.25, 0.3) is 5.52 Å². The minimum absolute atomic E-state index is 0.00574. The predicted molar refractivity (Wildman–Crippen MR) is 149 cm³/mol. The van der Waals surface area contributed by atoms with Crippen LogP contribution in [-0.4, -0.2) is 53.1 Å². The molecule has 3 aliphatic carbocycles. The minimum Gasteiger partial charge on any atom is -0.360 e. The number of aryl methyl sites for hydroxylation is 1. The maximum Gasteiger partial charge on any atom is 0.251 e. The van der Waals surface area contributed by atoms with Gasteiger partial charge in [-0.25, -0.2) is 14.5 Å². The smallest absolute Gasteiger partial charge is 0.251 e. The van der Waals surface area contributed by atoms with Gasteiger partial charge >= 0.3 is 0 Å². The SMILES string of the molecule is Cc1ccnc(C2CC2C(=O)Nc2nncc(N[C@@H](C)c3cc4cc(C5CC5)cc(N5CC6CC6C5=O)n4n3)n2)n1. The lowest BCUT2D eigenvalue weighted by Crippen LogP contribution is -2.30. The molecule has 8 rings (SSSR count). The number of carbonyl (C=O) groups is 2. The number of rotatable bonds is 8. The van der Waals surface area contributed by atoms with Crippen LogP contribution in [0, 0.1) is 24.7 Å². The number of piperidine rings is 1. The minimum atomic E-state index is -0.211. The van der Waals surface area contributed by atoms with Gasteiger partial charge in [0.25, 0.3) is 5.95 Å². The summed E-state index contributed by atoms with van der Waals surface area (Å²) in [7, 11) is 0. The van der Waals surface area contributed by atoms with E-state index in [1.807, 2.05) is 29.3 Å². The molecule has 1 aliphatic heterocycles. The standard InChI is InChI=1S/C29H30N10O2/c1-14-5-6-30-26(32-14)21-11-22(21)27(40)35-29-34-24(12-31-36-29)33-15(2)23-10-19-7-17(16-3-4-16)9-25(39(19)37-23)38-13-18-8-20(18)28(38)41/h5-7,9-10,12,15-16,18,20-22H,3-4,8,11,13H2,1-2H3,(H2,33,34,35,36,40)/t15-,18?,20?,21?,22?/m0/s1. The fraction of sp³-hybridized carbons (Fsp3) is 0.448. The Morgan fingerprint density at radius 3 is 2.78 bits per heavy atom. The lowest BCUT2D eigenvalue weighted by atomic mass is 10.1. The van der Waals surface area contributed by atoms with Crippen molar-refractivity contribution in [3.05, 3.63) is 59.4 Å². The van der Waals surface area contributed by atoms with Gasteiger partial charge in [0, 0.05) is 36.2 Å². The summed E-state index contributed by atoms with van der Waals surface area (Å²) in [6.07, 6.45) is 7.33. The van der Waals surface area contributed by atoms with Gasteiger partial charge in [0.05, 0.1) is 23.4 Å². The van der Waals surface area contributed by atoms with E-state index in [1.165, 1.54) is 24.6 Å². The molecule has 1 saturated heterocycles. The Balaban J connectivity index is 0.987. The Hall–Kier alpha value is -4.48. The van der Waals surface area contributed by atoms with Gasteiger partial charge in [0.1, 0.15) is 11.6 Å². The first kappa shape index (κ1) is 24.3. The second-order valence-corrected chi connectivity index (χ2v) is 11.9. The third-order valence-corrected chi connectivity index (χ3v) is 8.71. The number of nitrogens with zero attached hydrogens (tertiary/aromatic N) is 8. The number of amides is 2. The Morgan fingerprint density at radius 2 is 2.00 bits per heavy atom. The number of pyridine rings is 1. The van der Waals surface area contributed by atoms with E-state index < -0.39 is 0 Å². The van der Waals surface area contributed by atoms with Crippen molar-refractivity contribution in [2.45, 2.75) is 57.4 Å². The molecule has 4 unspecified atom stereocenters. The largest absolute Gasteiger partial charge is 0.360 e. The highest BCUT2D eigenvalue weighted by Gasteiger charge is 2.53. The number of anilines is 3. The molecule has 4 aliphatic rings. The zero-order chi connectivity index (χ0) is 27.8. The first-order chi connectivity index (χ1) is 19.9. The van der Waals surface area contributed by atoms with E-state index in [0.717, 1.165) is 35.7 Å². The average molecular weight is 551 g/mol. The number of nitrogens with one attached hydrogen (secondary N) is 2. The number of hydrogen-bond acceptors (Lipinski definition) is 9. The van der Waals surface area contributed by atoms with Crippen molar-refractivity contribution < 1.29 is 9.59 Å². The van der Waals surface area contributed by atoms with Crippen LogP contribution in [-0.2, 0) is 9.59 Å². The summed E-state index contributed by atoms with van der Waals surface area (Å²) in [5.41, 5.74) is 3.96. The van der Waals surface area contributed by atoms with Crippen LogP contribution in [0.1, 0.15) is 73.3 Å². The molecule has 2 amide bonds. The van der Waals surface area contributed by atoms with Crippen molar-refractivity contribution in [1.82, 2.24) is 34.8 Å². The molecule has 4 aromatic rings. The van der Waals surface area contributed by atoms with Gasteiger partial charge in [-0.2, -0.15) is 15.2 Å². The topological polar surface area (TPSA) is 143 Å². The molecule has 3 saturated carbocycles. The molecule has 12 heteroatoms. The predicted octanol–water partition coefficient (Wildman–Crippen LogP) is 3.39. The number of hydrogen-bond donors (Lipinski definition) is 2. The van der Waals surface area contributed by atoms with Crippen molar-refractivity contribution in [2.75, 3.05) is 22.1 Å². The number of carbonyl (C=O) groups excluding carboxylic acids is 2. The maximum atomic E-state index is 12.9. The summed E-state index contributed by atoms with van der Waals surface area (Å²) in [6, 6.07) is 8.04. The van der Waals surface area contributed by atoms with Crippen molar-refractivity contribution in [3.63, 3.8) is 0 Å². The third-order valence-electron chi connectivity index (χ3n) is 8.71. The van der Waals surface area contributed by atoms with E-state index >= 15 is 0 Å². The second kappa shape index (κ2) is 9.02. The van der Waals surface area contributed by atoms with E-state index in [4.69, 9.17) is 5.10 Å². The molecular weight excluding hydrogens is 520 g/mol. The van der Waals surface area contributed by atoms with Crippen molar-refractivity contribution >= 4 is 34.9 Å². The third kappa shape index (κ3) is 4.47. The van der Waals surface area contributed by atoms with Crippen LogP contribution in [0.4, 0.5) is 17.6 Å². The highest BCUT2D eigenvalue weighted by atomic mass is 16.2. The summed E-state index contributed by atoms with van der Waals surface area (Å²) < 4.78 is 1.90. The van der Waals surface area contributed by atoms with Gasteiger partial charge in [-0.3, -0.25) is 19.8 Å². The van der Waals surface area contributed by atoms with Crippen LogP contribution in [0.5, 0.6) is 0 Å². The van der Waals surface area contributed by atoms with E-state index in [1.54, 1.807) is 6.20 Å². The molecule has 0 radical (unpaired) electrons. The highest BCUT2D eigenvalue weighted by Crippen LogP contribution is 2.49. The summed E-state index contributed by atoms with van der Waals surface area (Å²) >= 11 is 0. The molecule has 5 atom stereocenters. The van der Waals surface area contributed by atoms with Crippen LogP contribution in [0.3, 0.4) is 0 Å². The van der Waals surface area contributed by atoms with E-state index in [0.29, 0.717) is 29.9 Å². The second-order valence-electron chi connectivity index (χ2n) is 11.9. The maximum absolute atomic E-state index is 12.9. The molecule has 0 aromatic carbocycles. The highest BCUT2D eigenvalue weighted by molar-refractivity contribution is 5.99. The van der Waals surface area contributed by atoms with Crippen molar-refractivity contribution in [3.8, 4) is 0 Å². The molecule has 4 fully saturated rings. The molecule has 12 nitrogen and oxygen atoms in total. The summed E-state index contributed by atoms with van der Waals surface area (Å²) in [6.45, 7) is 4.68. The monoisotopic (exact) mass is 550 g/mol. The summed E-state index contributed by atoms with van der Waals surface area (Å²) in [5, 5.41) is 19.1. The lowest BCUT2D eigenvalue weighted by molar-refractivity contribution is -0.119. The van der Waals surface area contributed by atoms with Gasteiger partial charge in [0.2, 0.25) is 11.8 Å². The first-order valence-corrected chi connectivity index (χ1v) is 14.3. The van der Waals surface area contributed by atoms with Crippen LogP contribution >= 0.6 is 0 Å². The van der Waals surface area contributed by atoms with E-state index in [-0.39, 0.29) is 41.6 Å². The summed E-state index contributed by atoms with van der Waals surface area (Å²) in [5.74, 6) is 3.26. The van der Waals surface area contributed by atoms with Gasteiger partial charge in [-0.05, 0) is 81.2 Å². The van der Waals surface area contributed by atoms with Crippen LogP contribution in [0.15, 0.2) is 36.7 Å². The zero-order valence-corrected chi connectivity index (χ0v) is 22.9. The van der Waals surface area contributed by atoms with Crippen molar-refractivity contribution in [2.24, 2.45) is 17.8 Å². The Morgan fingerprint density at radius 1 is 1.12 bits per heavy atom.